The van der Waals surface area contributed by atoms with Gasteiger partial charge in [0.1, 0.15) is 11.7 Å². The summed E-state index contributed by atoms with van der Waals surface area (Å²) < 4.78 is 0. The summed E-state index contributed by atoms with van der Waals surface area (Å²) in [7, 11) is 0. The molecule has 21 heavy (non-hydrogen) atoms. The van der Waals surface area contributed by atoms with Crippen molar-refractivity contribution >= 4 is 12.1 Å². The fourth-order valence-corrected chi connectivity index (χ4v) is 2.51. The number of carbonyl (C=O) groups excluding carboxylic acids is 2. The Labute approximate surface area is 122 Å². The molecule has 0 radical (unpaired) electrons. The molecule has 0 saturated heterocycles. The zero-order valence-electron chi connectivity index (χ0n) is 11.8. The second kappa shape index (κ2) is 5.61. The first-order chi connectivity index (χ1) is 9.82. The van der Waals surface area contributed by atoms with Crippen LogP contribution in [0.3, 0.4) is 0 Å². The summed E-state index contributed by atoms with van der Waals surface area (Å²) in [6.45, 7) is 3.42. The third kappa shape index (κ3) is 2.30. The van der Waals surface area contributed by atoms with Gasteiger partial charge in [-0.1, -0.05) is 5.57 Å². The van der Waals surface area contributed by atoms with E-state index in [9.17, 15) is 25.4 Å². The normalized spacial score (nSPS) is 22.6. The van der Waals surface area contributed by atoms with Crippen LogP contribution in [0, 0.1) is 44.8 Å². The van der Waals surface area contributed by atoms with Crippen LogP contribution in [0.25, 0.3) is 0 Å². The molecular formula is C15H14N4O2. The number of rotatable bonds is 4. The molecule has 0 aromatic rings. The molecule has 1 atom stereocenters. The Bertz CT molecular complexity index is 664. The third-order valence-electron chi connectivity index (χ3n) is 3.59. The van der Waals surface area contributed by atoms with Crippen molar-refractivity contribution in [3.05, 3.63) is 22.9 Å². The van der Waals surface area contributed by atoms with E-state index >= 15 is 0 Å². The first-order valence-corrected chi connectivity index (χ1v) is 6.18. The molecule has 0 bridgehead atoms. The van der Waals surface area contributed by atoms with Gasteiger partial charge in [0.15, 0.2) is 11.2 Å². The van der Waals surface area contributed by atoms with Gasteiger partial charge in [-0.25, -0.2) is 0 Å². The maximum Gasteiger partial charge on any atom is 0.172 e. The Morgan fingerprint density at radius 2 is 1.86 bits per heavy atom. The molecule has 1 aliphatic rings. The lowest BCUT2D eigenvalue weighted by Crippen LogP contribution is -2.40. The Kier molecular flexibility index (Phi) is 4.31. The zero-order chi connectivity index (χ0) is 16.3. The van der Waals surface area contributed by atoms with Crippen molar-refractivity contribution in [3.8, 4) is 18.2 Å². The Balaban J connectivity index is 3.51. The predicted molar refractivity (Wildman–Crippen MR) is 72.7 cm³/mol. The van der Waals surface area contributed by atoms with Gasteiger partial charge in [-0.3, -0.25) is 9.59 Å². The van der Waals surface area contributed by atoms with E-state index < -0.39 is 23.0 Å². The largest absolute Gasteiger partial charge is 0.400 e. The SMILES string of the molecule is CC(C)=CC(=O)C[C@]1(C#N)C(N)=C(C=O)CC1(C#N)C#N. The van der Waals surface area contributed by atoms with E-state index in [0.29, 0.717) is 6.29 Å². The zero-order valence-corrected chi connectivity index (χ0v) is 11.8. The van der Waals surface area contributed by atoms with Gasteiger partial charge in [-0.05, 0) is 19.9 Å². The molecule has 0 saturated carbocycles. The van der Waals surface area contributed by atoms with Crippen LogP contribution in [-0.2, 0) is 9.59 Å². The van der Waals surface area contributed by atoms with Crippen LogP contribution < -0.4 is 5.73 Å². The molecule has 0 amide bonds. The Morgan fingerprint density at radius 3 is 2.24 bits per heavy atom. The number of hydrogen-bond donors (Lipinski definition) is 1. The predicted octanol–water partition coefficient (Wildman–Crippen LogP) is 1.27. The number of nitrogens with two attached hydrogens (primary N) is 1. The van der Waals surface area contributed by atoms with Crippen LogP contribution in [0.5, 0.6) is 0 Å². The quantitative estimate of drug-likeness (QED) is 0.610. The van der Waals surface area contributed by atoms with Crippen molar-refractivity contribution in [1.82, 2.24) is 0 Å². The Hall–Kier alpha value is -2.91. The van der Waals surface area contributed by atoms with Crippen molar-refractivity contribution in [3.63, 3.8) is 0 Å². The van der Waals surface area contributed by atoms with Crippen LogP contribution in [0.1, 0.15) is 26.7 Å². The van der Waals surface area contributed by atoms with Crippen molar-refractivity contribution in [1.29, 1.82) is 15.8 Å². The molecule has 0 aromatic heterocycles. The van der Waals surface area contributed by atoms with Gasteiger partial charge in [0.25, 0.3) is 0 Å². The van der Waals surface area contributed by atoms with Crippen LogP contribution in [0.2, 0.25) is 0 Å². The van der Waals surface area contributed by atoms with Gasteiger partial charge in [0.05, 0.1) is 18.2 Å². The smallest absolute Gasteiger partial charge is 0.172 e. The summed E-state index contributed by atoms with van der Waals surface area (Å²) in [5.74, 6) is -0.415. The van der Waals surface area contributed by atoms with Gasteiger partial charge >= 0.3 is 0 Å². The topological polar surface area (TPSA) is 132 Å². The number of nitriles is 3. The van der Waals surface area contributed by atoms with Gasteiger partial charge in [0.2, 0.25) is 0 Å². The van der Waals surface area contributed by atoms with Gasteiger partial charge in [-0.2, -0.15) is 15.8 Å². The van der Waals surface area contributed by atoms with Crippen LogP contribution in [0.4, 0.5) is 0 Å². The highest BCUT2D eigenvalue weighted by Crippen LogP contribution is 2.55. The molecule has 2 N–H and O–H groups in total. The second-order valence-corrected chi connectivity index (χ2v) is 5.24. The molecular weight excluding hydrogens is 268 g/mol. The molecule has 1 aliphatic carbocycles. The van der Waals surface area contributed by atoms with Crippen LogP contribution >= 0.6 is 0 Å². The molecule has 1 rings (SSSR count). The fraction of sp³-hybridized carbons (Fsp3) is 0.400. The summed E-state index contributed by atoms with van der Waals surface area (Å²) in [5, 5.41) is 28.2. The number of aldehydes is 1. The van der Waals surface area contributed by atoms with Crippen molar-refractivity contribution in [2.24, 2.45) is 16.6 Å². The minimum absolute atomic E-state index is 0.0321. The minimum Gasteiger partial charge on any atom is -0.400 e. The molecule has 0 fully saturated rings. The van der Waals surface area contributed by atoms with Crippen LogP contribution in [0.15, 0.2) is 22.9 Å². The fourth-order valence-electron chi connectivity index (χ4n) is 2.51. The van der Waals surface area contributed by atoms with E-state index in [1.165, 1.54) is 6.08 Å². The molecule has 0 heterocycles. The molecule has 106 valence electrons. The lowest BCUT2D eigenvalue weighted by Gasteiger charge is -2.30. The first kappa shape index (κ1) is 16.1. The second-order valence-electron chi connectivity index (χ2n) is 5.24. The molecule has 0 spiro atoms. The van der Waals surface area contributed by atoms with Gasteiger partial charge < -0.3 is 5.73 Å². The van der Waals surface area contributed by atoms with E-state index in [2.05, 4.69) is 0 Å². The van der Waals surface area contributed by atoms with Gasteiger partial charge in [0, 0.05) is 24.1 Å². The molecule has 6 nitrogen and oxygen atoms in total. The number of carbonyl (C=O) groups is 2. The van der Waals surface area contributed by atoms with E-state index in [0.717, 1.165) is 5.57 Å². The standard InChI is InChI=1S/C15H14N4O2/c1-10(2)3-12(21)5-15(9-18)13(19)11(6-20)4-14(15,7-16)8-17/h3,6H,4-5,19H2,1-2H3/t15-/m0/s1. The monoisotopic (exact) mass is 282 g/mol. The van der Waals surface area contributed by atoms with E-state index in [-0.39, 0.29) is 17.7 Å². The number of allylic oxidation sites excluding steroid dienone is 4. The minimum atomic E-state index is -1.83. The average molecular weight is 282 g/mol. The van der Waals surface area contributed by atoms with E-state index in [4.69, 9.17) is 5.73 Å². The summed E-state index contributed by atoms with van der Waals surface area (Å²) in [6, 6.07) is 5.42. The number of hydrogen-bond acceptors (Lipinski definition) is 6. The Morgan fingerprint density at radius 1 is 1.29 bits per heavy atom. The first-order valence-electron chi connectivity index (χ1n) is 6.18. The molecule has 0 unspecified atom stereocenters. The summed E-state index contributed by atoms with van der Waals surface area (Å²) in [4.78, 5) is 23.1. The van der Waals surface area contributed by atoms with E-state index in [1.807, 2.05) is 6.07 Å². The van der Waals surface area contributed by atoms with Crippen molar-refractivity contribution in [2.45, 2.75) is 26.7 Å². The highest BCUT2D eigenvalue weighted by Gasteiger charge is 2.61. The number of nitrogens with zero attached hydrogens (tertiary/aromatic N) is 3. The van der Waals surface area contributed by atoms with E-state index in [1.54, 1.807) is 26.0 Å². The van der Waals surface area contributed by atoms with Gasteiger partial charge in [-0.15, -0.1) is 0 Å². The maximum atomic E-state index is 12.0. The van der Waals surface area contributed by atoms with Crippen molar-refractivity contribution in [2.75, 3.05) is 0 Å². The highest BCUT2D eigenvalue weighted by molar-refractivity contribution is 5.92. The maximum absolute atomic E-state index is 12.0. The molecule has 0 aromatic carbocycles. The summed E-state index contributed by atoms with van der Waals surface area (Å²) >= 11 is 0. The summed E-state index contributed by atoms with van der Waals surface area (Å²) in [5.41, 5.74) is 2.82. The molecule has 6 heteroatoms. The lowest BCUT2D eigenvalue weighted by atomic mass is 9.64. The van der Waals surface area contributed by atoms with Crippen LogP contribution in [-0.4, -0.2) is 12.1 Å². The highest BCUT2D eigenvalue weighted by atomic mass is 16.1. The average Bonchev–Trinajstić information content (AvgIpc) is 2.68. The lowest BCUT2D eigenvalue weighted by molar-refractivity contribution is -0.116. The molecule has 0 aliphatic heterocycles. The number of ketones is 1. The summed E-state index contributed by atoms with van der Waals surface area (Å²) in [6.07, 6.45) is 1.11. The van der Waals surface area contributed by atoms with Crippen molar-refractivity contribution < 1.29 is 9.59 Å². The third-order valence-corrected chi connectivity index (χ3v) is 3.59.